The number of ether oxygens (including phenoxy) is 1. The van der Waals surface area contributed by atoms with E-state index in [0.717, 1.165) is 3.57 Å². The van der Waals surface area contributed by atoms with E-state index in [9.17, 15) is 4.79 Å². The standard InChI is InChI=1S/C14H10Cl2INO2/c1-20-13-11(15)6-8(7-12(13)16)14(19)18-10-4-2-9(17)3-5-10/h2-7H,1H3,(H,18,19). The number of nitrogens with one attached hydrogen (secondary N) is 1. The molecule has 0 atom stereocenters. The maximum Gasteiger partial charge on any atom is 0.255 e. The molecule has 1 N–H and O–H groups in total. The topological polar surface area (TPSA) is 38.3 Å². The molecule has 0 unspecified atom stereocenters. The molecule has 20 heavy (non-hydrogen) atoms. The molecule has 0 spiro atoms. The number of halogens is 3. The Kier molecular flexibility index (Phi) is 5.12. The minimum atomic E-state index is -0.280. The van der Waals surface area contributed by atoms with Gasteiger partial charge in [-0.15, -0.1) is 0 Å². The molecule has 0 heterocycles. The van der Waals surface area contributed by atoms with Crippen molar-refractivity contribution in [3.05, 3.63) is 55.6 Å². The van der Waals surface area contributed by atoms with Crippen LogP contribution in [0.4, 0.5) is 5.69 Å². The number of hydrogen-bond donors (Lipinski definition) is 1. The van der Waals surface area contributed by atoms with Crippen LogP contribution in [-0.4, -0.2) is 13.0 Å². The fraction of sp³-hybridized carbons (Fsp3) is 0.0714. The second kappa shape index (κ2) is 6.65. The predicted octanol–water partition coefficient (Wildman–Crippen LogP) is 4.86. The molecule has 2 aromatic carbocycles. The van der Waals surface area contributed by atoms with E-state index in [0.29, 0.717) is 27.0 Å². The number of hydrogen-bond acceptors (Lipinski definition) is 2. The Morgan fingerprint density at radius 3 is 2.20 bits per heavy atom. The molecule has 2 aromatic rings. The van der Waals surface area contributed by atoms with Crippen molar-refractivity contribution in [2.45, 2.75) is 0 Å². The van der Waals surface area contributed by atoms with Gasteiger partial charge in [0.2, 0.25) is 0 Å². The summed E-state index contributed by atoms with van der Waals surface area (Å²) < 4.78 is 6.14. The summed E-state index contributed by atoms with van der Waals surface area (Å²) in [5.41, 5.74) is 1.08. The van der Waals surface area contributed by atoms with Crippen LogP contribution in [0, 0.1) is 3.57 Å². The summed E-state index contributed by atoms with van der Waals surface area (Å²) >= 11 is 14.2. The lowest BCUT2D eigenvalue weighted by Gasteiger charge is -2.09. The van der Waals surface area contributed by atoms with Gasteiger partial charge in [0, 0.05) is 14.8 Å². The largest absolute Gasteiger partial charge is 0.494 e. The van der Waals surface area contributed by atoms with Crippen LogP contribution in [-0.2, 0) is 0 Å². The Balaban J connectivity index is 2.23. The van der Waals surface area contributed by atoms with Crippen LogP contribution in [0.3, 0.4) is 0 Å². The average Bonchev–Trinajstić information content (AvgIpc) is 2.41. The molecular formula is C14H10Cl2INO2. The first kappa shape index (κ1) is 15.4. The molecule has 0 radical (unpaired) electrons. The van der Waals surface area contributed by atoms with Crippen LogP contribution in [0.5, 0.6) is 5.75 Å². The lowest BCUT2D eigenvalue weighted by atomic mass is 10.2. The van der Waals surface area contributed by atoms with Gasteiger partial charge >= 0.3 is 0 Å². The first-order valence-electron chi connectivity index (χ1n) is 5.61. The molecule has 3 nitrogen and oxygen atoms in total. The summed E-state index contributed by atoms with van der Waals surface area (Å²) in [4.78, 5) is 12.1. The highest BCUT2D eigenvalue weighted by Gasteiger charge is 2.13. The molecule has 6 heteroatoms. The normalized spacial score (nSPS) is 10.2. The fourth-order valence-electron chi connectivity index (χ4n) is 1.62. The first-order chi connectivity index (χ1) is 9.51. The van der Waals surface area contributed by atoms with E-state index < -0.39 is 0 Å². The summed E-state index contributed by atoms with van der Waals surface area (Å²) in [6.45, 7) is 0. The van der Waals surface area contributed by atoms with E-state index in [1.807, 2.05) is 24.3 Å². The molecule has 0 bridgehead atoms. The van der Waals surface area contributed by atoms with Crippen LogP contribution in [0.25, 0.3) is 0 Å². The van der Waals surface area contributed by atoms with Gasteiger partial charge in [0.25, 0.3) is 5.91 Å². The van der Waals surface area contributed by atoms with Crippen molar-refractivity contribution >= 4 is 57.4 Å². The SMILES string of the molecule is COc1c(Cl)cc(C(=O)Nc2ccc(I)cc2)cc1Cl. The molecule has 2 rings (SSSR count). The molecule has 0 aliphatic carbocycles. The van der Waals surface area contributed by atoms with Crippen LogP contribution < -0.4 is 10.1 Å². The van der Waals surface area contributed by atoms with Crippen molar-refractivity contribution in [3.63, 3.8) is 0 Å². The number of rotatable bonds is 3. The number of carbonyl (C=O) groups excluding carboxylic acids is 1. The van der Waals surface area contributed by atoms with Gasteiger partial charge in [-0.2, -0.15) is 0 Å². The van der Waals surface area contributed by atoms with E-state index in [-0.39, 0.29) is 5.91 Å². The minimum absolute atomic E-state index is 0.280. The highest BCUT2D eigenvalue weighted by Crippen LogP contribution is 2.34. The third-order valence-electron chi connectivity index (χ3n) is 2.57. The molecule has 104 valence electrons. The summed E-state index contributed by atoms with van der Waals surface area (Å²) in [5, 5.41) is 3.37. The Hall–Kier alpha value is -0.980. The third kappa shape index (κ3) is 3.56. The van der Waals surface area contributed by atoms with Gasteiger partial charge in [-0.05, 0) is 59.0 Å². The molecule has 0 aromatic heterocycles. The molecular weight excluding hydrogens is 412 g/mol. The average molecular weight is 422 g/mol. The van der Waals surface area contributed by atoms with Gasteiger partial charge in [0.1, 0.15) is 0 Å². The van der Waals surface area contributed by atoms with Gasteiger partial charge in [-0.25, -0.2) is 0 Å². The van der Waals surface area contributed by atoms with Gasteiger partial charge in [-0.1, -0.05) is 23.2 Å². The van der Waals surface area contributed by atoms with Crippen molar-refractivity contribution in [2.75, 3.05) is 12.4 Å². The summed E-state index contributed by atoms with van der Waals surface area (Å²) in [7, 11) is 1.47. The van der Waals surface area contributed by atoms with Crippen molar-refractivity contribution in [3.8, 4) is 5.75 Å². The molecule has 0 aliphatic heterocycles. The Morgan fingerprint density at radius 2 is 1.70 bits per heavy atom. The smallest absolute Gasteiger partial charge is 0.255 e. The van der Waals surface area contributed by atoms with Crippen LogP contribution in [0.15, 0.2) is 36.4 Å². The number of methoxy groups -OCH3 is 1. The molecule has 0 saturated heterocycles. The maximum atomic E-state index is 12.1. The van der Waals surface area contributed by atoms with Crippen LogP contribution in [0.2, 0.25) is 10.0 Å². The number of anilines is 1. The summed E-state index contributed by atoms with van der Waals surface area (Å²) in [5.74, 6) is 0.0804. The van der Waals surface area contributed by atoms with E-state index in [1.165, 1.54) is 19.2 Å². The fourth-order valence-corrected chi connectivity index (χ4v) is 2.62. The summed E-state index contributed by atoms with van der Waals surface area (Å²) in [6, 6.07) is 10.5. The summed E-state index contributed by atoms with van der Waals surface area (Å²) in [6.07, 6.45) is 0. The lowest BCUT2D eigenvalue weighted by molar-refractivity contribution is 0.102. The zero-order chi connectivity index (χ0) is 14.7. The Bertz CT molecular complexity index is 621. The van der Waals surface area contributed by atoms with E-state index >= 15 is 0 Å². The quantitative estimate of drug-likeness (QED) is 0.718. The molecule has 1 amide bonds. The van der Waals surface area contributed by atoms with E-state index in [2.05, 4.69) is 27.9 Å². The third-order valence-corrected chi connectivity index (χ3v) is 3.85. The molecule has 0 fully saturated rings. The van der Waals surface area contributed by atoms with Gasteiger partial charge in [-0.3, -0.25) is 4.79 Å². The zero-order valence-corrected chi connectivity index (χ0v) is 14.1. The Labute approximate surface area is 140 Å². The van der Waals surface area contributed by atoms with Gasteiger partial charge < -0.3 is 10.1 Å². The monoisotopic (exact) mass is 421 g/mol. The maximum absolute atomic E-state index is 12.1. The van der Waals surface area contributed by atoms with Crippen molar-refractivity contribution in [1.82, 2.24) is 0 Å². The van der Waals surface area contributed by atoms with Gasteiger partial charge in [0.05, 0.1) is 17.2 Å². The minimum Gasteiger partial charge on any atom is -0.494 e. The highest BCUT2D eigenvalue weighted by atomic mass is 127. The van der Waals surface area contributed by atoms with Gasteiger partial charge in [0.15, 0.2) is 5.75 Å². The number of carbonyl (C=O) groups is 1. The number of amides is 1. The zero-order valence-electron chi connectivity index (χ0n) is 10.4. The number of benzene rings is 2. The van der Waals surface area contributed by atoms with Crippen molar-refractivity contribution in [2.24, 2.45) is 0 Å². The Morgan fingerprint density at radius 1 is 1.15 bits per heavy atom. The second-order valence-electron chi connectivity index (χ2n) is 3.93. The van der Waals surface area contributed by atoms with Crippen molar-refractivity contribution < 1.29 is 9.53 Å². The highest BCUT2D eigenvalue weighted by molar-refractivity contribution is 14.1. The van der Waals surface area contributed by atoms with E-state index in [4.69, 9.17) is 27.9 Å². The first-order valence-corrected chi connectivity index (χ1v) is 7.44. The van der Waals surface area contributed by atoms with Crippen LogP contribution in [0.1, 0.15) is 10.4 Å². The van der Waals surface area contributed by atoms with Crippen LogP contribution >= 0.6 is 45.8 Å². The molecule has 0 saturated carbocycles. The second-order valence-corrected chi connectivity index (χ2v) is 5.99. The van der Waals surface area contributed by atoms with Crippen molar-refractivity contribution in [1.29, 1.82) is 0 Å². The van der Waals surface area contributed by atoms with E-state index in [1.54, 1.807) is 0 Å². The lowest BCUT2D eigenvalue weighted by Crippen LogP contribution is -2.12. The molecule has 0 aliphatic rings. The predicted molar refractivity (Wildman–Crippen MR) is 90.1 cm³/mol.